The quantitative estimate of drug-likeness (QED) is 0.409. The average Bonchev–Trinajstić information content (AvgIpc) is 2.97. The maximum Gasteiger partial charge on any atom is 0.243 e. The third-order valence-corrected chi connectivity index (χ3v) is 4.44. The van der Waals surface area contributed by atoms with Crippen molar-refractivity contribution >= 4 is 35.4 Å². The fourth-order valence-corrected chi connectivity index (χ4v) is 2.91. The lowest BCUT2D eigenvalue weighted by Gasteiger charge is -2.22. The Morgan fingerprint density at radius 2 is 2.00 bits per heavy atom. The van der Waals surface area contributed by atoms with E-state index in [2.05, 4.69) is 16.0 Å². The molecule has 0 aliphatic carbocycles. The molecule has 5 N–H and O–H groups in total. The molecule has 24 heavy (non-hydrogen) atoms. The lowest BCUT2D eigenvalue weighted by molar-refractivity contribution is -0.132. The smallest absolute Gasteiger partial charge is 0.243 e. The largest absolute Gasteiger partial charge is 0.368 e. The van der Waals surface area contributed by atoms with E-state index in [-0.39, 0.29) is 11.8 Å². The molecule has 0 aromatic heterocycles. The van der Waals surface area contributed by atoms with Crippen molar-refractivity contribution in [1.29, 1.82) is 0 Å². The molecular weight excluding hydrogens is 332 g/mol. The van der Waals surface area contributed by atoms with Crippen LogP contribution in [0.5, 0.6) is 0 Å². The molecule has 0 radical (unpaired) electrons. The standard InChI is InChI=1S/C15H26N4O4S/c1-3-4-10(19-15(23)11-5-6-12(20)17-11)14(22)18-9(13(16)21)7-8-24-2/h9-11H,3-8H2,1-2H3,(H2,16,21)(H,17,20)(H,18,22)(H,19,23)/t9-,10-,11-/m0/s1. The summed E-state index contributed by atoms with van der Waals surface area (Å²) in [4.78, 5) is 47.2. The number of amides is 4. The van der Waals surface area contributed by atoms with Crippen molar-refractivity contribution < 1.29 is 19.2 Å². The summed E-state index contributed by atoms with van der Waals surface area (Å²) < 4.78 is 0. The van der Waals surface area contributed by atoms with Gasteiger partial charge >= 0.3 is 0 Å². The minimum absolute atomic E-state index is 0.169. The number of carbonyl (C=O) groups is 4. The van der Waals surface area contributed by atoms with Gasteiger partial charge in [0.15, 0.2) is 0 Å². The van der Waals surface area contributed by atoms with Gasteiger partial charge in [-0.3, -0.25) is 19.2 Å². The van der Waals surface area contributed by atoms with Crippen LogP contribution in [0.4, 0.5) is 0 Å². The SMILES string of the molecule is CCC[C@H](NC(=O)[C@@H]1CCC(=O)N1)C(=O)N[C@@H](CCSC)C(N)=O. The molecule has 0 aromatic rings. The monoisotopic (exact) mass is 358 g/mol. The lowest BCUT2D eigenvalue weighted by Crippen LogP contribution is -2.55. The Bertz CT molecular complexity index is 486. The van der Waals surface area contributed by atoms with Crippen LogP contribution in [0.2, 0.25) is 0 Å². The molecule has 0 unspecified atom stereocenters. The molecule has 1 aliphatic rings. The van der Waals surface area contributed by atoms with Crippen LogP contribution in [0, 0.1) is 0 Å². The van der Waals surface area contributed by atoms with Gasteiger partial charge in [-0.15, -0.1) is 0 Å². The third kappa shape index (κ3) is 6.38. The third-order valence-electron chi connectivity index (χ3n) is 3.79. The Morgan fingerprint density at radius 1 is 1.29 bits per heavy atom. The number of primary amides is 1. The molecule has 0 bridgehead atoms. The molecule has 9 heteroatoms. The van der Waals surface area contributed by atoms with Crippen LogP contribution >= 0.6 is 11.8 Å². The predicted molar refractivity (Wildman–Crippen MR) is 92.1 cm³/mol. The van der Waals surface area contributed by atoms with Gasteiger partial charge in [0.25, 0.3) is 0 Å². The highest BCUT2D eigenvalue weighted by atomic mass is 32.2. The van der Waals surface area contributed by atoms with Gasteiger partial charge < -0.3 is 21.7 Å². The first-order chi connectivity index (χ1) is 11.4. The van der Waals surface area contributed by atoms with Crippen molar-refractivity contribution in [3.05, 3.63) is 0 Å². The van der Waals surface area contributed by atoms with Crippen molar-refractivity contribution in [2.24, 2.45) is 5.73 Å². The first-order valence-corrected chi connectivity index (χ1v) is 9.46. The molecular formula is C15H26N4O4S. The summed E-state index contributed by atoms with van der Waals surface area (Å²) in [5.41, 5.74) is 5.32. The van der Waals surface area contributed by atoms with E-state index in [1.165, 1.54) is 0 Å². The number of hydrogen-bond donors (Lipinski definition) is 4. The van der Waals surface area contributed by atoms with E-state index in [9.17, 15) is 19.2 Å². The highest BCUT2D eigenvalue weighted by molar-refractivity contribution is 7.98. The zero-order valence-corrected chi connectivity index (χ0v) is 14.9. The summed E-state index contributed by atoms with van der Waals surface area (Å²) in [7, 11) is 0. The van der Waals surface area contributed by atoms with Gasteiger partial charge in [0.05, 0.1) is 0 Å². The predicted octanol–water partition coefficient (Wildman–Crippen LogP) is -0.727. The zero-order valence-electron chi connectivity index (χ0n) is 14.1. The summed E-state index contributed by atoms with van der Waals surface area (Å²) in [5.74, 6) is -0.888. The van der Waals surface area contributed by atoms with Crippen LogP contribution in [0.1, 0.15) is 39.0 Å². The van der Waals surface area contributed by atoms with Crippen molar-refractivity contribution in [2.75, 3.05) is 12.0 Å². The molecule has 4 amide bonds. The minimum atomic E-state index is -0.757. The van der Waals surface area contributed by atoms with Crippen LogP contribution in [-0.4, -0.2) is 53.8 Å². The van der Waals surface area contributed by atoms with Gasteiger partial charge in [-0.1, -0.05) is 13.3 Å². The van der Waals surface area contributed by atoms with Gasteiger partial charge in [-0.05, 0) is 31.3 Å². The molecule has 136 valence electrons. The number of rotatable bonds is 10. The van der Waals surface area contributed by atoms with Gasteiger partial charge in [0, 0.05) is 6.42 Å². The number of thioether (sulfide) groups is 1. The summed E-state index contributed by atoms with van der Waals surface area (Å²) in [6.07, 6.45) is 4.18. The second kappa shape index (κ2) is 10.2. The molecule has 1 fully saturated rings. The molecule has 0 spiro atoms. The van der Waals surface area contributed by atoms with Crippen LogP contribution < -0.4 is 21.7 Å². The number of carbonyl (C=O) groups excluding carboxylic acids is 4. The normalized spacial score (nSPS) is 19.2. The maximum absolute atomic E-state index is 12.4. The van der Waals surface area contributed by atoms with E-state index < -0.39 is 29.9 Å². The maximum atomic E-state index is 12.4. The van der Waals surface area contributed by atoms with Crippen molar-refractivity contribution in [1.82, 2.24) is 16.0 Å². The highest BCUT2D eigenvalue weighted by Gasteiger charge is 2.31. The Morgan fingerprint density at radius 3 is 2.50 bits per heavy atom. The van der Waals surface area contributed by atoms with Gasteiger partial charge in [0.1, 0.15) is 18.1 Å². The molecule has 1 aliphatic heterocycles. The Balaban J connectivity index is 2.64. The van der Waals surface area contributed by atoms with E-state index >= 15 is 0 Å². The second-order valence-electron chi connectivity index (χ2n) is 5.75. The first kappa shape index (κ1) is 20.3. The fraction of sp³-hybridized carbons (Fsp3) is 0.733. The molecule has 0 saturated carbocycles. The minimum Gasteiger partial charge on any atom is -0.368 e. The zero-order chi connectivity index (χ0) is 18.1. The molecule has 8 nitrogen and oxygen atoms in total. The summed E-state index contributed by atoms with van der Waals surface area (Å²) >= 11 is 1.55. The molecule has 1 saturated heterocycles. The molecule has 0 aromatic carbocycles. The van der Waals surface area contributed by atoms with Crippen molar-refractivity contribution in [2.45, 2.75) is 57.2 Å². The van der Waals surface area contributed by atoms with Gasteiger partial charge in [-0.2, -0.15) is 11.8 Å². The highest BCUT2D eigenvalue weighted by Crippen LogP contribution is 2.08. The van der Waals surface area contributed by atoms with Crippen LogP contribution in [0.25, 0.3) is 0 Å². The van der Waals surface area contributed by atoms with Crippen LogP contribution in [0.15, 0.2) is 0 Å². The van der Waals surface area contributed by atoms with Gasteiger partial charge in [0.2, 0.25) is 23.6 Å². The van der Waals surface area contributed by atoms with Crippen molar-refractivity contribution in [3.63, 3.8) is 0 Å². The first-order valence-electron chi connectivity index (χ1n) is 8.07. The van der Waals surface area contributed by atoms with Gasteiger partial charge in [-0.25, -0.2) is 0 Å². The second-order valence-corrected chi connectivity index (χ2v) is 6.74. The Labute approximate surface area is 146 Å². The lowest BCUT2D eigenvalue weighted by atomic mass is 10.1. The van der Waals surface area contributed by atoms with E-state index in [0.717, 1.165) is 0 Å². The van der Waals surface area contributed by atoms with Crippen LogP contribution in [0.3, 0.4) is 0 Å². The number of hydrogen-bond acceptors (Lipinski definition) is 5. The number of nitrogens with two attached hydrogens (primary N) is 1. The molecule has 1 heterocycles. The van der Waals surface area contributed by atoms with E-state index in [1.54, 1.807) is 11.8 Å². The molecule has 1 rings (SSSR count). The molecule has 3 atom stereocenters. The van der Waals surface area contributed by atoms with E-state index in [4.69, 9.17) is 5.73 Å². The Hall–Kier alpha value is -1.77. The fourth-order valence-electron chi connectivity index (χ4n) is 2.43. The summed E-state index contributed by atoms with van der Waals surface area (Å²) in [6, 6.07) is -2.11. The van der Waals surface area contributed by atoms with Crippen LogP contribution in [-0.2, 0) is 19.2 Å². The summed E-state index contributed by atoms with van der Waals surface area (Å²) in [5, 5.41) is 7.84. The summed E-state index contributed by atoms with van der Waals surface area (Å²) in [6.45, 7) is 1.89. The van der Waals surface area contributed by atoms with Crippen molar-refractivity contribution in [3.8, 4) is 0 Å². The number of nitrogens with one attached hydrogen (secondary N) is 3. The van der Waals surface area contributed by atoms with E-state index in [0.29, 0.717) is 37.9 Å². The Kier molecular flexibility index (Phi) is 8.59. The van der Waals surface area contributed by atoms with E-state index in [1.807, 2.05) is 13.2 Å². The topological polar surface area (TPSA) is 130 Å². The average molecular weight is 358 g/mol.